The number of hydrogen-bond donors (Lipinski definition) is 2. The van der Waals surface area contributed by atoms with E-state index in [0.29, 0.717) is 28.5 Å². The standard InChI is InChI=1S/C23H16BrFN4O/c24-17-6-10-19(11-7-17)27-23(30)16-2-1-3-20(14-16)26-22-13-12-21(28-29-22)15-4-8-18(25)9-5-15/h1-14H,(H,26,29)(H,27,30). The highest BCUT2D eigenvalue weighted by Gasteiger charge is 2.08. The van der Waals surface area contributed by atoms with E-state index in [0.717, 1.165) is 10.0 Å². The van der Waals surface area contributed by atoms with Gasteiger partial charge in [-0.2, -0.15) is 0 Å². The molecular weight excluding hydrogens is 447 g/mol. The Morgan fingerprint density at radius 1 is 0.833 bits per heavy atom. The van der Waals surface area contributed by atoms with E-state index in [9.17, 15) is 9.18 Å². The maximum Gasteiger partial charge on any atom is 0.255 e. The second-order valence-corrected chi connectivity index (χ2v) is 7.39. The van der Waals surface area contributed by atoms with Crippen LogP contribution in [0.25, 0.3) is 11.3 Å². The Morgan fingerprint density at radius 3 is 2.30 bits per heavy atom. The molecule has 4 rings (SSSR count). The Kier molecular flexibility index (Phi) is 5.81. The summed E-state index contributed by atoms with van der Waals surface area (Å²) in [5.41, 5.74) is 3.36. The number of aromatic nitrogens is 2. The van der Waals surface area contributed by atoms with Crippen LogP contribution in [0.4, 0.5) is 21.6 Å². The summed E-state index contributed by atoms with van der Waals surface area (Å²) in [4.78, 5) is 12.5. The Labute approximate surface area is 181 Å². The largest absolute Gasteiger partial charge is 0.339 e. The van der Waals surface area contributed by atoms with E-state index in [2.05, 4.69) is 36.8 Å². The van der Waals surface area contributed by atoms with Crippen molar-refractivity contribution in [3.05, 3.63) is 101 Å². The molecule has 0 radical (unpaired) electrons. The molecule has 3 aromatic carbocycles. The van der Waals surface area contributed by atoms with Gasteiger partial charge in [0.2, 0.25) is 0 Å². The van der Waals surface area contributed by atoms with Crippen LogP contribution in [-0.2, 0) is 0 Å². The molecule has 148 valence electrons. The summed E-state index contributed by atoms with van der Waals surface area (Å²) in [7, 11) is 0. The quantitative estimate of drug-likeness (QED) is 0.379. The van der Waals surface area contributed by atoms with E-state index in [-0.39, 0.29) is 11.7 Å². The number of amides is 1. The molecule has 0 aliphatic heterocycles. The van der Waals surface area contributed by atoms with Crippen molar-refractivity contribution >= 4 is 39.0 Å². The normalized spacial score (nSPS) is 10.5. The monoisotopic (exact) mass is 462 g/mol. The number of carbonyl (C=O) groups excluding carboxylic acids is 1. The number of nitrogens with one attached hydrogen (secondary N) is 2. The van der Waals surface area contributed by atoms with Gasteiger partial charge in [-0.25, -0.2) is 4.39 Å². The fourth-order valence-electron chi connectivity index (χ4n) is 2.80. The van der Waals surface area contributed by atoms with Crippen LogP contribution >= 0.6 is 15.9 Å². The lowest BCUT2D eigenvalue weighted by atomic mass is 10.1. The number of carbonyl (C=O) groups is 1. The van der Waals surface area contributed by atoms with Crippen molar-refractivity contribution in [2.75, 3.05) is 10.6 Å². The summed E-state index contributed by atoms with van der Waals surface area (Å²) in [6, 6.07) is 24.1. The van der Waals surface area contributed by atoms with Gasteiger partial charge in [0.15, 0.2) is 5.82 Å². The zero-order valence-corrected chi connectivity index (χ0v) is 17.2. The van der Waals surface area contributed by atoms with Gasteiger partial charge in [-0.1, -0.05) is 22.0 Å². The Bertz CT molecular complexity index is 1160. The van der Waals surface area contributed by atoms with Gasteiger partial charge in [-0.05, 0) is 78.9 Å². The smallest absolute Gasteiger partial charge is 0.255 e. The average molecular weight is 463 g/mol. The average Bonchev–Trinajstić information content (AvgIpc) is 2.77. The molecule has 0 spiro atoms. The first-order valence-electron chi connectivity index (χ1n) is 9.10. The predicted molar refractivity (Wildman–Crippen MR) is 119 cm³/mol. The molecule has 2 N–H and O–H groups in total. The van der Waals surface area contributed by atoms with Crippen molar-refractivity contribution in [3.8, 4) is 11.3 Å². The molecule has 1 heterocycles. The number of hydrogen-bond acceptors (Lipinski definition) is 4. The third kappa shape index (κ3) is 4.87. The Balaban J connectivity index is 1.45. The van der Waals surface area contributed by atoms with Crippen LogP contribution < -0.4 is 10.6 Å². The SMILES string of the molecule is O=C(Nc1ccc(Br)cc1)c1cccc(Nc2ccc(-c3ccc(F)cc3)nn2)c1. The highest BCUT2D eigenvalue weighted by atomic mass is 79.9. The molecule has 0 saturated heterocycles. The minimum Gasteiger partial charge on any atom is -0.339 e. The summed E-state index contributed by atoms with van der Waals surface area (Å²) in [5, 5.41) is 14.3. The first kappa shape index (κ1) is 19.7. The van der Waals surface area contributed by atoms with Crippen LogP contribution in [0.5, 0.6) is 0 Å². The van der Waals surface area contributed by atoms with Crippen LogP contribution in [0.15, 0.2) is 89.4 Å². The molecule has 0 aliphatic rings. The van der Waals surface area contributed by atoms with Crippen LogP contribution in [-0.4, -0.2) is 16.1 Å². The first-order valence-corrected chi connectivity index (χ1v) is 9.90. The minimum atomic E-state index is -0.297. The summed E-state index contributed by atoms with van der Waals surface area (Å²) in [5.74, 6) is 0.0269. The lowest BCUT2D eigenvalue weighted by Gasteiger charge is -2.09. The van der Waals surface area contributed by atoms with E-state index in [1.54, 1.807) is 42.5 Å². The van der Waals surface area contributed by atoms with Gasteiger partial charge in [0.1, 0.15) is 5.82 Å². The van der Waals surface area contributed by atoms with E-state index in [4.69, 9.17) is 0 Å². The molecular formula is C23H16BrFN4O. The molecule has 4 aromatic rings. The number of halogens is 2. The van der Waals surface area contributed by atoms with E-state index < -0.39 is 0 Å². The number of anilines is 3. The first-order chi connectivity index (χ1) is 14.6. The highest BCUT2D eigenvalue weighted by Crippen LogP contribution is 2.21. The minimum absolute atomic E-state index is 0.210. The third-order valence-electron chi connectivity index (χ3n) is 4.30. The van der Waals surface area contributed by atoms with Crippen molar-refractivity contribution in [2.45, 2.75) is 0 Å². The molecule has 5 nitrogen and oxygen atoms in total. The maximum absolute atomic E-state index is 13.1. The van der Waals surface area contributed by atoms with E-state index in [1.165, 1.54) is 12.1 Å². The molecule has 0 fully saturated rings. The van der Waals surface area contributed by atoms with Crippen molar-refractivity contribution in [1.29, 1.82) is 0 Å². The fourth-order valence-corrected chi connectivity index (χ4v) is 3.06. The van der Waals surface area contributed by atoms with E-state index >= 15 is 0 Å². The van der Waals surface area contributed by atoms with Crippen molar-refractivity contribution in [1.82, 2.24) is 10.2 Å². The lowest BCUT2D eigenvalue weighted by molar-refractivity contribution is 0.102. The Morgan fingerprint density at radius 2 is 1.60 bits per heavy atom. The summed E-state index contributed by atoms with van der Waals surface area (Å²) < 4.78 is 14.0. The zero-order chi connectivity index (χ0) is 20.9. The van der Waals surface area contributed by atoms with Gasteiger partial charge in [0, 0.05) is 27.0 Å². The summed E-state index contributed by atoms with van der Waals surface area (Å²) in [6.07, 6.45) is 0. The van der Waals surface area contributed by atoms with Crippen LogP contribution in [0.2, 0.25) is 0 Å². The van der Waals surface area contributed by atoms with Crippen LogP contribution in [0.3, 0.4) is 0 Å². The molecule has 30 heavy (non-hydrogen) atoms. The van der Waals surface area contributed by atoms with Crippen molar-refractivity contribution < 1.29 is 9.18 Å². The van der Waals surface area contributed by atoms with Gasteiger partial charge < -0.3 is 10.6 Å². The molecule has 0 saturated carbocycles. The Hall–Kier alpha value is -3.58. The predicted octanol–water partition coefficient (Wildman–Crippen LogP) is 6.04. The van der Waals surface area contributed by atoms with Gasteiger partial charge in [-0.3, -0.25) is 4.79 Å². The fraction of sp³-hybridized carbons (Fsp3) is 0. The van der Waals surface area contributed by atoms with Gasteiger partial charge in [0.25, 0.3) is 5.91 Å². The molecule has 0 atom stereocenters. The van der Waals surface area contributed by atoms with Gasteiger partial charge in [-0.15, -0.1) is 10.2 Å². The molecule has 0 bridgehead atoms. The van der Waals surface area contributed by atoms with Crippen LogP contribution in [0, 0.1) is 5.82 Å². The van der Waals surface area contributed by atoms with Crippen molar-refractivity contribution in [3.63, 3.8) is 0 Å². The number of nitrogens with zero attached hydrogens (tertiary/aromatic N) is 2. The molecule has 0 aliphatic carbocycles. The zero-order valence-electron chi connectivity index (χ0n) is 15.6. The number of rotatable bonds is 5. The highest BCUT2D eigenvalue weighted by molar-refractivity contribution is 9.10. The summed E-state index contributed by atoms with van der Waals surface area (Å²) >= 11 is 3.37. The molecule has 7 heteroatoms. The van der Waals surface area contributed by atoms with E-state index in [1.807, 2.05) is 30.3 Å². The summed E-state index contributed by atoms with van der Waals surface area (Å²) in [6.45, 7) is 0. The number of benzene rings is 3. The molecule has 1 amide bonds. The molecule has 0 unspecified atom stereocenters. The lowest BCUT2D eigenvalue weighted by Crippen LogP contribution is -2.12. The second-order valence-electron chi connectivity index (χ2n) is 6.48. The second kappa shape index (κ2) is 8.84. The third-order valence-corrected chi connectivity index (χ3v) is 4.83. The van der Waals surface area contributed by atoms with Gasteiger partial charge in [0.05, 0.1) is 5.69 Å². The van der Waals surface area contributed by atoms with Crippen molar-refractivity contribution in [2.24, 2.45) is 0 Å². The topological polar surface area (TPSA) is 66.9 Å². The van der Waals surface area contributed by atoms with Gasteiger partial charge >= 0.3 is 0 Å². The molecule has 1 aromatic heterocycles. The van der Waals surface area contributed by atoms with Crippen LogP contribution in [0.1, 0.15) is 10.4 Å². The maximum atomic E-state index is 13.1.